The number of allylic oxidation sites excluding steroid dienone is 1. The van der Waals surface area contributed by atoms with Gasteiger partial charge < -0.3 is 0 Å². The monoisotopic (exact) mass is 431 g/mol. The number of nitrogens with zero attached hydrogens (tertiary/aromatic N) is 1. The van der Waals surface area contributed by atoms with Crippen molar-refractivity contribution < 1.29 is 16.8 Å². The van der Waals surface area contributed by atoms with Gasteiger partial charge in [0.1, 0.15) is 5.84 Å². The molecule has 1 aliphatic heterocycles. The maximum Gasteiger partial charge on any atom is 0.262 e. The van der Waals surface area contributed by atoms with E-state index in [0.29, 0.717) is 31.6 Å². The van der Waals surface area contributed by atoms with Gasteiger partial charge in [-0.05, 0) is 54.7 Å². The van der Waals surface area contributed by atoms with Crippen LogP contribution in [0.2, 0.25) is 0 Å². The molecular weight excluding hydrogens is 410 g/mol. The highest BCUT2D eigenvalue weighted by molar-refractivity contribution is 7.96. The highest BCUT2D eigenvalue weighted by atomic mass is 32.2. The predicted molar refractivity (Wildman–Crippen MR) is 114 cm³/mol. The van der Waals surface area contributed by atoms with Crippen molar-refractivity contribution in [3.05, 3.63) is 64.6 Å². The van der Waals surface area contributed by atoms with E-state index in [1.165, 1.54) is 24.3 Å². The van der Waals surface area contributed by atoms with Gasteiger partial charge >= 0.3 is 0 Å². The first-order chi connectivity index (χ1) is 13.8. The van der Waals surface area contributed by atoms with Crippen molar-refractivity contribution in [1.82, 2.24) is 4.72 Å². The fourth-order valence-electron chi connectivity index (χ4n) is 3.40. The number of aryl methyl sites for hydroxylation is 1. The molecule has 0 fully saturated rings. The topological polar surface area (TPSA) is 105 Å². The van der Waals surface area contributed by atoms with Gasteiger partial charge in [0.25, 0.3) is 20.0 Å². The smallest absolute Gasteiger partial charge is 0.262 e. The summed E-state index contributed by atoms with van der Waals surface area (Å²) < 4.78 is 55.8. The Hall–Kier alpha value is -2.65. The zero-order chi connectivity index (χ0) is 20.5. The first kappa shape index (κ1) is 19.7. The van der Waals surface area contributed by atoms with E-state index in [2.05, 4.69) is 14.4 Å². The van der Waals surface area contributed by atoms with Crippen LogP contribution in [-0.4, -0.2) is 29.2 Å². The molecule has 9 heteroatoms. The summed E-state index contributed by atoms with van der Waals surface area (Å²) in [5.41, 5.74) is 2.19. The highest BCUT2D eigenvalue weighted by Gasteiger charge is 2.23. The Labute approximate surface area is 170 Å². The minimum Gasteiger partial charge on any atom is -0.280 e. The third-order valence-corrected chi connectivity index (χ3v) is 7.78. The second-order valence-electron chi connectivity index (χ2n) is 6.98. The summed E-state index contributed by atoms with van der Waals surface area (Å²) in [5.74, 6) is 0.432. The summed E-state index contributed by atoms with van der Waals surface area (Å²) in [5, 5.41) is 0. The van der Waals surface area contributed by atoms with E-state index in [-0.39, 0.29) is 15.5 Å². The molecule has 2 aromatic carbocycles. The third-order valence-electron chi connectivity index (χ3n) is 4.88. The van der Waals surface area contributed by atoms with Gasteiger partial charge in [0.15, 0.2) is 0 Å². The molecule has 0 saturated heterocycles. The lowest BCUT2D eigenvalue weighted by Crippen LogP contribution is -2.29. The third kappa shape index (κ3) is 4.35. The zero-order valence-corrected chi connectivity index (χ0v) is 17.3. The molecule has 2 N–H and O–H groups in total. The number of hydrogen-bond acceptors (Lipinski definition) is 5. The summed E-state index contributed by atoms with van der Waals surface area (Å²) in [7, 11) is -7.61. The molecule has 4 rings (SSSR count). The molecule has 1 heterocycles. The van der Waals surface area contributed by atoms with E-state index in [1.54, 1.807) is 6.08 Å². The van der Waals surface area contributed by atoms with Gasteiger partial charge in [-0.2, -0.15) is 0 Å². The molecule has 0 saturated carbocycles. The predicted octanol–water partition coefficient (Wildman–Crippen LogP) is 2.89. The number of hydrogen-bond donors (Lipinski definition) is 2. The van der Waals surface area contributed by atoms with Crippen LogP contribution < -0.4 is 9.44 Å². The van der Waals surface area contributed by atoms with Gasteiger partial charge in [0.2, 0.25) is 0 Å². The normalized spacial score (nSPS) is 16.6. The number of aliphatic imine (C=N–C) groups is 1. The molecule has 2 aliphatic rings. The van der Waals surface area contributed by atoms with Crippen LogP contribution in [0, 0.1) is 0 Å². The summed E-state index contributed by atoms with van der Waals surface area (Å²) in [6, 6.07) is 13.4. The molecule has 0 unspecified atom stereocenters. The molecule has 1 aliphatic carbocycles. The van der Waals surface area contributed by atoms with Crippen molar-refractivity contribution in [2.75, 3.05) is 11.3 Å². The van der Waals surface area contributed by atoms with Gasteiger partial charge in [-0.15, -0.1) is 0 Å². The van der Waals surface area contributed by atoms with E-state index in [9.17, 15) is 16.8 Å². The minimum absolute atomic E-state index is 0.0183. The van der Waals surface area contributed by atoms with Crippen molar-refractivity contribution in [3.63, 3.8) is 0 Å². The fraction of sp³-hybridized carbons (Fsp3) is 0.250. The lowest BCUT2D eigenvalue weighted by Gasteiger charge is -2.18. The molecule has 2 aromatic rings. The maximum absolute atomic E-state index is 12.8. The van der Waals surface area contributed by atoms with Gasteiger partial charge in [-0.25, -0.2) is 16.8 Å². The molecule has 0 bridgehead atoms. The summed E-state index contributed by atoms with van der Waals surface area (Å²) in [4.78, 5) is 4.38. The van der Waals surface area contributed by atoms with Gasteiger partial charge in [-0.3, -0.25) is 14.4 Å². The van der Waals surface area contributed by atoms with Crippen LogP contribution >= 0.6 is 0 Å². The number of anilines is 1. The number of rotatable bonds is 5. The van der Waals surface area contributed by atoms with Gasteiger partial charge in [0.05, 0.1) is 15.5 Å². The van der Waals surface area contributed by atoms with Crippen LogP contribution in [-0.2, 0) is 26.5 Å². The van der Waals surface area contributed by atoms with E-state index in [1.807, 2.05) is 24.3 Å². The summed E-state index contributed by atoms with van der Waals surface area (Å²) in [6.45, 7) is 0.607. The quantitative estimate of drug-likeness (QED) is 0.759. The van der Waals surface area contributed by atoms with Gasteiger partial charge in [-0.1, -0.05) is 30.3 Å². The number of amidine groups is 1. The average Bonchev–Trinajstić information content (AvgIpc) is 3.20. The maximum atomic E-state index is 12.8. The molecule has 152 valence electrons. The number of fused-ring (bicyclic) bond motifs is 1. The summed E-state index contributed by atoms with van der Waals surface area (Å²) in [6.07, 6.45) is 4.10. The van der Waals surface area contributed by atoms with Crippen LogP contribution in [0.5, 0.6) is 0 Å². The molecule has 7 nitrogen and oxygen atoms in total. The number of benzene rings is 2. The van der Waals surface area contributed by atoms with Gasteiger partial charge in [0, 0.05) is 13.0 Å². The number of sulfonamides is 2. The first-order valence-electron chi connectivity index (χ1n) is 9.31. The minimum atomic E-state index is -3.82. The van der Waals surface area contributed by atoms with E-state index < -0.39 is 20.0 Å². The Bertz CT molecular complexity index is 1220. The Morgan fingerprint density at radius 2 is 1.66 bits per heavy atom. The summed E-state index contributed by atoms with van der Waals surface area (Å²) >= 11 is 0. The molecule has 0 spiro atoms. The van der Waals surface area contributed by atoms with E-state index in [4.69, 9.17) is 0 Å². The van der Waals surface area contributed by atoms with E-state index in [0.717, 1.165) is 17.5 Å². The standard InChI is InChI=1S/C20H21N3O4S2/c24-28(25,19-11-10-15-5-1-2-6-16(15)13-19)22-17-7-3-8-18(14-17)29(26,27)23-20-9-4-12-21-20/h1-3,5-8,13-14,22H,4,9-12H2,(H,21,23). The second-order valence-corrected chi connectivity index (χ2v) is 10.4. The zero-order valence-electron chi connectivity index (χ0n) is 15.6. The van der Waals surface area contributed by atoms with Crippen molar-refractivity contribution in [1.29, 1.82) is 0 Å². The SMILES string of the molecule is O=S(=O)(Nc1cccc(S(=O)(=O)NC2=NCCC2)c1)C1=Cc2ccccc2CC1. The highest BCUT2D eigenvalue weighted by Crippen LogP contribution is 2.28. The number of nitrogens with one attached hydrogen (secondary N) is 2. The van der Waals surface area contributed by atoms with Crippen LogP contribution in [0.1, 0.15) is 30.4 Å². The van der Waals surface area contributed by atoms with Crippen LogP contribution in [0.25, 0.3) is 6.08 Å². The Morgan fingerprint density at radius 3 is 2.45 bits per heavy atom. The lowest BCUT2D eigenvalue weighted by atomic mass is 9.98. The first-order valence-corrected chi connectivity index (χ1v) is 12.3. The Kier molecular flexibility index (Phi) is 5.18. The molecule has 0 radical (unpaired) electrons. The molecule has 29 heavy (non-hydrogen) atoms. The van der Waals surface area contributed by atoms with Crippen molar-refractivity contribution in [3.8, 4) is 0 Å². The molecule has 0 amide bonds. The lowest BCUT2D eigenvalue weighted by molar-refractivity contribution is 0.592. The largest absolute Gasteiger partial charge is 0.280 e. The average molecular weight is 432 g/mol. The van der Waals surface area contributed by atoms with E-state index >= 15 is 0 Å². The van der Waals surface area contributed by atoms with Crippen LogP contribution in [0.4, 0.5) is 5.69 Å². The van der Waals surface area contributed by atoms with Crippen LogP contribution in [0.15, 0.2) is 63.3 Å². The Balaban J connectivity index is 1.57. The Morgan fingerprint density at radius 1 is 0.828 bits per heavy atom. The van der Waals surface area contributed by atoms with Crippen molar-refractivity contribution in [2.24, 2.45) is 4.99 Å². The van der Waals surface area contributed by atoms with Crippen LogP contribution in [0.3, 0.4) is 0 Å². The van der Waals surface area contributed by atoms with Crippen molar-refractivity contribution >= 4 is 37.6 Å². The second kappa shape index (κ2) is 7.64. The van der Waals surface area contributed by atoms with Crippen molar-refractivity contribution in [2.45, 2.75) is 30.6 Å². The molecule has 0 atom stereocenters. The molecule has 0 aromatic heterocycles. The fourth-order valence-corrected chi connectivity index (χ4v) is 5.76. The molecular formula is C20H21N3O4S2.